The zero-order valence-electron chi connectivity index (χ0n) is 15.2. The second-order valence-electron chi connectivity index (χ2n) is 8.22. The lowest BCUT2D eigenvalue weighted by atomic mass is 9.64. The maximum atomic E-state index is 12.1. The number of ether oxygens (including phenoxy) is 2. The van der Waals surface area contributed by atoms with Gasteiger partial charge in [0, 0.05) is 11.5 Å². The monoisotopic (exact) mass is 352 g/mol. The normalized spacial score (nSPS) is 43.4. The highest BCUT2D eigenvalue weighted by molar-refractivity contribution is 5.91. The van der Waals surface area contributed by atoms with Crippen molar-refractivity contribution in [1.82, 2.24) is 0 Å². The highest BCUT2D eigenvalue weighted by atomic mass is 16.6. The molecule has 3 fully saturated rings. The Kier molecular flexibility index (Phi) is 4.48. The number of aliphatic hydroxyl groups excluding tert-OH is 1. The Bertz CT molecular complexity index is 599. The summed E-state index contributed by atoms with van der Waals surface area (Å²) < 4.78 is 11.1. The molecule has 0 bridgehead atoms. The van der Waals surface area contributed by atoms with Crippen LogP contribution in [0.1, 0.15) is 46.5 Å². The van der Waals surface area contributed by atoms with E-state index in [-0.39, 0.29) is 24.4 Å². The highest BCUT2D eigenvalue weighted by Crippen LogP contribution is 2.60. The van der Waals surface area contributed by atoms with Gasteiger partial charge in [-0.1, -0.05) is 27.4 Å². The summed E-state index contributed by atoms with van der Waals surface area (Å²) in [4.78, 5) is 24.2. The maximum absolute atomic E-state index is 12.1. The number of carbonyl (C=O) groups excluding carboxylic acids is 2. The van der Waals surface area contributed by atoms with Gasteiger partial charge in [-0.25, -0.2) is 4.79 Å². The van der Waals surface area contributed by atoms with Crippen LogP contribution < -0.4 is 0 Å². The molecule has 1 saturated heterocycles. The molecule has 3 rings (SSSR count). The van der Waals surface area contributed by atoms with Crippen molar-refractivity contribution in [2.75, 3.05) is 6.61 Å². The Balaban J connectivity index is 2.06. The molecule has 6 atom stereocenters. The molecule has 25 heavy (non-hydrogen) atoms. The summed E-state index contributed by atoms with van der Waals surface area (Å²) in [5.41, 5.74) is -2.09. The van der Waals surface area contributed by atoms with Crippen LogP contribution in [0.5, 0.6) is 0 Å². The minimum Gasteiger partial charge on any atom is -0.465 e. The molecule has 0 radical (unpaired) electrons. The van der Waals surface area contributed by atoms with Crippen LogP contribution in [0, 0.1) is 23.2 Å². The molecule has 0 spiro atoms. The first-order valence-electron chi connectivity index (χ1n) is 9.12. The molecule has 0 aromatic heterocycles. The Morgan fingerprint density at radius 3 is 2.72 bits per heavy atom. The number of hydrogen-bond acceptors (Lipinski definition) is 6. The van der Waals surface area contributed by atoms with E-state index in [9.17, 15) is 19.8 Å². The third kappa shape index (κ3) is 2.45. The van der Waals surface area contributed by atoms with Crippen LogP contribution in [0.2, 0.25) is 0 Å². The lowest BCUT2D eigenvalue weighted by Gasteiger charge is -2.48. The van der Waals surface area contributed by atoms with Crippen LogP contribution in [-0.2, 0) is 19.1 Å². The SMILES string of the molecule is C=C1C(=O)O[C@@H]2[C@H]1CC[C@H](C)[C@]1(O)CC[C@H](O)[C@@]21COC(=O)C(C)C. The topological polar surface area (TPSA) is 93.1 Å². The van der Waals surface area contributed by atoms with E-state index in [1.54, 1.807) is 13.8 Å². The van der Waals surface area contributed by atoms with Crippen molar-refractivity contribution in [2.45, 2.75) is 64.3 Å². The van der Waals surface area contributed by atoms with Gasteiger partial charge >= 0.3 is 11.9 Å². The lowest BCUT2D eigenvalue weighted by Crippen LogP contribution is -2.62. The van der Waals surface area contributed by atoms with Gasteiger partial charge in [0.1, 0.15) is 12.7 Å². The molecule has 0 aromatic carbocycles. The van der Waals surface area contributed by atoms with Gasteiger partial charge in [-0.2, -0.15) is 0 Å². The van der Waals surface area contributed by atoms with Gasteiger partial charge in [0.2, 0.25) is 0 Å². The summed E-state index contributed by atoms with van der Waals surface area (Å²) >= 11 is 0. The van der Waals surface area contributed by atoms with Gasteiger partial charge in [-0.05, 0) is 31.6 Å². The summed E-state index contributed by atoms with van der Waals surface area (Å²) in [6.45, 7) is 9.10. The van der Waals surface area contributed by atoms with Gasteiger partial charge in [-0.15, -0.1) is 0 Å². The van der Waals surface area contributed by atoms with Gasteiger partial charge in [-0.3, -0.25) is 4.79 Å². The molecular formula is C19H28O6. The van der Waals surface area contributed by atoms with Crippen LogP contribution in [0.25, 0.3) is 0 Å². The quantitative estimate of drug-likeness (QED) is 0.592. The molecule has 0 unspecified atom stereocenters. The standard InChI is InChI=1S/C19H28O6/c1-10(2)16(21)24-9-18-14(20)7-8-19(18,23)11(3)5-6-13-12(4)17(22)25-15(13)18/h10-11,13-15,20,23H,4-9H2,1-3H3/t11-,13-,14-,15+,18-,19+/m0/s1. The summed E-state index contributed by atoms with van der Waals surface area (Å²) in [7, 11) is 0. The number of esters is 2. The van der Waals surface area contributed by atoms with Crippen molar-refractivity contribution in [1.29, 1.82) is 0 Å². The van der Waals surface area contributed by atoms with E-state index in [4.69, 9.17) is 9.47 Å². The highest BCUT2D eigenvalue weighted by Gasteiger charge is 2.71. The molecule has 6 heteroatoms. The van der Waals surface area contributed by atoms with Crippen LogP contribution >= 0.6 is 0 Å². The maximum Gasteiger partial charge on any atom is 0.334 e. The fraction of sp³-hybridized carbons (Fsp3) is 0.789. The number of fused-ring (bicyclic) bond motifs is 3. The van der Waals surface area contributed by atoms with Crippen LogP contribution in [0.15, 0.2) is 12.2 Å². The van der Waals surface area contributed by atoms with Gasteiger partial charge in [0.15, 0.2) is 0 Å². The van der Waals surface area contributed by atoms with E-state index < -0.39 is 35.2 Å². The van der Waals surface area contributed by atoms with Crippen molar-refractivity contribution in [3.05, 3.63) is 12.2 Å². The largest absolute Gasteiger partial charge is 0.465 e. The molecule has 1 heterocycles. The van der Waals surface area contributed by atoms with Crippen molar-refractivity contribution in [3.63, 3.8) is 0 Å². The molecule has 6 nitrogen and oxygen atoms in total. The molecular weight excluding hydrogens is 324 g/mol. The molecule has 2 saturated carbocycles. The zero-order valence-corrected chi connectivity index (χ0v) is 15.2. The predicted octanol–water partition coefficient (Wildman–Crippen LogP) is 1.59. The number of aliphatic hydroxyl groups is 2. The van der Waals surface area contributed by atoms with Crippen LogP contribution in [0.4, 0.5) is 0 Å². The summed E-state index contributed by atoms with van der Waals surface area (Å²) in [5.74, 6) is -1.58. The lowest BCUT2D eigenvalue weighted by molar-refractivity contribution is -0.212. The molecule has 3 aliphatic rings. The number of hydrogen-bond donors (Lipinski definition) is 2. The molecule has 140 valence electrons. The molecule has 2 N–H and O–H groups in total. The number of rotatable bonds is 3. The van der Waals surface area contributed by atoms with Crippen molar-refractivity contribution in [3.8, 4) is 0 Å². The fourth-order valence-electron chi connectivity index (χ4n) is 5.00. The minimum atomic E-state index is -1.26. The van der Waals surface area contributed by atoms with E-state index >= 15 is 0 Å². The Hall–Kier alpha value is -1.40. The van der Waals surface area contributed by atoms with E-state index in [1.807, 2.05) is 6.92 Å². The third-order valence-electron chi connectivity index (χ3n) is 6.67. The summed E-state index contributed by atoms with van der Waals surface area (Å²) in [6.07, 6.45) is 0.490. The zero-order chi connectivity index (χ0) is 18.6. The molecule has 0 aromatic rings. The first kappa shape index (κ1) is 18.4. The fourth-order valence-corrected chi connectivity index (χ4v) is 5.00. The average Bonchev–Trinajstić information content (AvgIpc) is 2.96. The predicted molar refractivity (Wildman–Crippen MR) is 89.3 cm³/mol. The minimum absolute atomic E-state index is 0.112. The van der Waals surface area contributed by atoms with E-state index in [0.29, 0.717) is 31.3 Å². The van der Waals surface area contributed by atoms with E-state index in [1.165, 1.54) is 0 Å². The van der Waals surface area contributed by atoms with E-state index in [2.05, 4.69) is 6.58 Å². The molecule has 0 amide bonds. The van der Waals surface area contributed by atoms with Gasteiger partial charge < -0.3 is 19.7 Å². The Labute approximate surface area is 148 Å². The first-order valence-corrected chi connectivity index (χ1v) is 9.12. The van der Waals surface area contributed by atoms with Crippen LogP contribution in [0.3, 0.4) is 0 Å². The molecule has 2 aliphatic carbocycles. The Morgan fingerprint density at radius 1 is 1.40 bits per heavy atom. The van der Waals surface area contributed by atoms with Gasteiger partial charge in [0.25, 0.3) is 0 Å². The number of carbonyl (C=O) groups is 2. The van der Waals surface area contributed by atoms with E-state index in [0.717, 1.165) is 0 Å². The first-order chi connectivity index (χ1) is 11.6. The average molecular weight is 352 g/mol. The summed E-state index contributed by atoms with van der Waals surface area (Å²) in [5, 5.41) is 22.5. The van der Waals surface area contributed by atoms with Gasteiger partial charge in [0.05, 0.1) is 23.0 Å². The second kappa shape index (κ2) is 6.09. The molecule has 1 aliphatic heterocycles. The van der Waals surface area contributed by atoms with Crippen molar-refractivity contribution < 1.29 is 29.3 Å². The summed E-state index contributed by atoms with van der Waals surface area (Å²) in [6, 6.07) is 0. The van der Waals surface area contributed by atoms with Crippen molar-refractivity contribution in [2.24, 2.45) is 23.2 Å². The van der Waals surface area contributed by atoms with Crippen LogP contribution in [-0.4, -0.2) is 46.6 Å². The Morgan fingerprint density at radius 2 is 2.08 bits per heavy atom. The third-order valence-corrected chi connectivity index (χ3v) is 6.67. The smallest absolute Gasteiger partial charge is 0.334 e. The second-order valence-corrected chi connectivity index (χ2v) is 8.22. The van der Waals surface area contributed by atoms with Crippen molar-refractivity contribution >= 4 is 11.9 Å².